The van der Waals surface area contributed by atoms with Crippen LogP contribution in [0.3, 0.4) is 0 Å². The largest absolute Gasteiger partial charge is 0.494 e. The summed E-state index contributed by atoms with van der Waals surface area (Å²) in [5.41, 5.74) is 4.66. The number of furan rings is 1. The van der Waals surface area contributed by atoms with Crippen molar-refractivity contribution in [1.29, 1.82) is 0 Å². The van der Waals surface area contributed by atoms with E-state index in [1.54, 1.807) is 12.1 Å². The lowest BCUT2D eigenvalue weighted by molar-refractivity contribution is 0.101. The van der Waals surface area contributed by atoms with Crippen LogP contribution in [0.2, 0.25) is 0 Å². The maximum Gasteiger partial charge on any atom is 0.229 e. The number of fused-ring (bicyclic) bond motifs is 3. The molecule has 0 aliphatic carbocycles. The van der Waals surface area contributed by atoms with Crippen molar-refractivity contribution in [3.8, 4) is 22.6 Å². The van der Waals surface area contributed by atoms with Gasteiger partial charge in [-0.25, -0.2) is 0 Å². The maximum atomic E-state index is 13.8. The van der Waals surface area contributed by atoms with Crippen LogP contribution in [-0.2, 0) is 0 Å². The van der Waals surface area contributed by atoms with E-state index in [4.69, 9.17) is 25.5 Å². The minimum Gasteiger partial charge on any atom is -0.494 e. The van der Waals surface area contributed by atoms with Crippen LogP contribution < -0.4 is 9.47 Å². The molecule has 0 unspecified atom stereocenters. The van der Waals surface area contributed by atoms with Gasteiger partial charge in [-0.3, -0.25) is 4.79 Å². The zero-order chi connectivity index (χ0) is 24.4. The fourth-order valence-corrected chi connectivity index (χ4v) is 4.53. The van der Waals surface area contributed by atoms with Gasteiger partial charge in [0, 0.05) is 22.6 Å². The number of halogens is 1. The van der Waals surface area contributed by atoms with Crippen LogP contribution in [0.5, 0.6) is 11.5 Å². The molecule has 0 saturated carbocycles. The zero-order valence-corrected chi connectivity index (χ0v) is 20.2. The van der Waals surface area contributed by atoms with Crippen LogP contribution in [0.15, 0.2) is 89.6 Å². The second-order valence-electron chi connectivity index (χ2n) is 8.48. The monoisotopic (exact) mass is 484 g/mol. The smallest absolute Gasteiger partial charge is 0.229 e. The summed E-state index contributed by atoms with van der Waals surface area (Å²) in [6, 6.07) is 20.8. The zero-order valence-electron chi connectivity index (χ0n) is 19.5. The molecule has 1 aromatic heterocycles. The van der Waals surface area contributed by atoms with Crippen molar-refractivity contribution >= 4 is 33.9 Å². The molecule has 176 valence electrons. The van der Waals surface area contributed by atoms with Crippen molar-refractivity contribution in [2.24, 2.45) is 0 Å². The SMILES string of the molecule is C=C1C=C(C)c2ccc3oc(C(=O)c4cccc(OCCCCCl)c4)c(-c4ccccc4)c3c2O1. The molecule has 35 heavy (non-hydrogen) atoms. The van der Waals surface area contributed by atoms with Crippen molar-refractivity contribution in [2.75, 3.05) is 12.5 Å². The highest BCUT2D eigenvalue weighted by Gasteiger charge is 2.28. The first-order valence-corrected chi connectivity index (χ1v) is 12.1. The average molecular weight is 485 g/mol. The first-order valence-electron chi connectivity index (χ1n) is 11.6. The summed E-state index contributed by atoms with van der Waals surface area (Å²) in [6.45, 7) is 6.56. The maximum absolute atomic E-state index is 13.8. The summed E-state index contributed by atoms with van der Waals surface area (Å²) < 4.78 is 18.1. The third kappa shape index (κ3) is 4.50. The Hall–Kier alpha value is -3.76. The minimum atomic E-state index is -0.220. The molecule has 5 rings (SSSR count). The molecular weight excluding hydrogens is 460 g/mol. The number of hydrogen-bond acceptors (Lipinski definition) is 4. The predicted octanol–water partition coefficient (Wildman–Crippen LogP) is 8.04. The third-order valence-corrected chi connectivity index (χ3v) is 6.27. The number of carbonyl (C=O) groups is 1. The Morgan fingerprint density at radius 3 is 2.66 bits per heavy atom. The summed E-state index contributed by atoms with van der Waals surface area (Å²) in [7, 11) is 0. The van der Waals surface area contributed by atoms with Crippen LogP contribution in [-0.4, -0.2) is 18.3 Å². The number of alkyl halides is 1. The van der Waals surface area contributed by atoms with E-state index in [0.29, 0.717) is 46.5 Å². The molecule has 4 aromatic rings. The number of unbranched alkanes of at least 4 members (excludes halogenated alkanes) is 1. The predicted molar refractivity (Wildman–Crippen MR) is 140 cm³/mol. The van der Waals surface area contributed by atoms with Gasteiger partial charge in [0.15, 0.2) is 5.76 Å². The van der Waals surface area contributed by atoms with Crippen molar-refractivity contribution in [3.63, 3.8) is 0 Å². The van der Waals surface area contributed by atoms with E-state index in [-0.39, 0.29) is 11.5 Å². The molecular formula is C30H25ClO4. The number of hydrogen-bond donors (Lipinski definition) is 0. The number of allylic oxidation sites excluding steroid dienone is 2. The molecule has 0 fully saturated rings. The highest BCUT2D eigenvalue weighted by Crippen LogP contribution is 2.46. The van der Waals surface area contributed by atoms with E-state index in [9.17, 15) is 4.79 Å². The van der Waals surface area contributed by atoms with Gasteiger partial charge in [-0.05, 0) is 61.2 Å². The van der Waals surface area contributed by atoms with Gasteiger partial charge in [-0.1, -0.05) is 49.0 Å². The van der Waals surface area contributed by atoms with Gasteiger partial charge in [0.25, 0.3) is 0 Å². The number of ether oxygens (including phenoxy) is 2. The molecule has 0 radical (unpaired) electrons. The van der Waals surface area contributed by atoms with Gasteiger partial charge in [-0.2, -0.15) is 0 Å². The summed E-state index contributed by atoms with van der Waals surface area (Å²) in [5, 5.41) is 0.763. The van der Waals surface area contributed by atoms with E-state index in [2.05, 4.69) is 6.58 Å². The van der Waals surface area contributed by atoms with Gasteiger partial charge in [0.1, 0.15) is 22.8 Å². The number of rotatable bonds is 8. The van der Waals surface area contributed by atoms with Gasteiger partial charge >= 0.3 is 0 Å². The van der Waals surface area contributed by atoms with Crippen LogP contribution in [0.4, 0.5) is 0 Å². The van der Waals surface area contributed by atoms with Crippen molar-refractivity contribution in [1.82, 2.24) is 0 Å². The average Bonchev–Trinajstić information content (AvgIpc) is 3.27. The van der Waals surface area contributed by atoms with E-state index in [1.165, 1.54) is 0 Å². The number of ketones is 1. The van der Waals surface area contributed by atoms with Gasteiger partial charge in [-0.15, -0.1) is 11.6 Å². The summed E-state index contributed by atoms with van der Waals surface area (Å²) in [6.07, 6.45) is 3.64. The van der Waals surface area contributed by atoms with E-state index in [1.807, 2.05) is 67.6 Å². The fourth-order valence-electron chi connectivity index (χ4n) is 4.34. The van der Waals surface area contributed by atoms with Crippen molar-refractivity contribution < 1.29 is 18.7 Å². The summed E-state index contributed by atoms with van der Waals surface area (Å²) in [4.78, 5) is 13.8. The standard InChI is InChI=1S/C30H25ClO4/c1-19-17-20(2)34-29-24(19)13-14-25-27(29)26(21-9-4-3-5-10-21)30(35-25)28(32)22-11-8-12-23(18-22)33-16-7-6-15-31/h3-5,8-14,17-18H,2,6-7,15-16H2,1H3. The van der Waals surface area contributed by atoms with Gasteiger partial charge in [0.05, 0.1) is 12.0 Å². The Bertz CT molecular complexity index is 1450. The highest BCUT2D eigenvalue weighted by molar-refractivity contribution is 6.18. The molecule has 0 amide bonds. The second kappa shape index (κ2) is 9.85. The normalized spacial score (nSPS) is 12.7. The molecule has 3 aromatic carbocycles. The Morgan fingerprint density at radius 2 is 1.86 bits per heavy atom. The lowest BCUT2D eigenvalue weighted by Gasteiger charge is -2.18. The fraction of sp³-hybridized carbons (Fsp3) is 0.167. The highest BCUT2D eigenvalue weighted by atomic mass is 35.5. The summed E-state index contributed by atoms with van der Waals surface area (Å²) in [5.74, 6) is 2.50. The van der Waals surface area contributed by atoms with Gasteiger partial charge < -0.3 is 13.9 Å². The quantitative estimate of drug-likeness (QED) is 0.144. The first-order chi connectivity index (χ1) is 17.1. The van der Waals surface area contributed by atoms with Crippen molar-refractivity contribution in [3.05, 3.63) is 102 Å². The van der Waals surface area contributed by atoms with Crippen LogP contribution in [0, 0.1) is 0 Å². The first kappa shape index (κ1) is 23.0. The number of benzene rings is 3. The minimum absolute atomic E-state index is 0.220. The van der Waals surface area contributed by atoms with Gasteiger partial charge in [0.2, 0.25) is 5.78 Å². The van der Waals surface area contributed by atoms with E-state index in [0.717, 1.165) is 34.9 Å². The second-order valence-corrected chi connectivity index (χ2v) is 8.86. The number of carbonyl (C=O) groups excluding carboxylic acids is 1. The molecule has 0 N–H and O–H groups in total. The molecule has 2 heterocycles. The Morgan fingerprint density at radius 1 is 1.03 bits per heavy atom. The lowest BCUT2D eigenvalue weighted by Crippen LogP contribution is -2.04. The topological polar surface area (TPSA) is 48.7 Å². The Balaban J connectivity index is 1.64. The molecule has 0 atom stereocenters. The Labute approximate surface area is 209 Å². The molecule has 0 bridgehead atoms. The van der Waals surface area contributed by atoms with Crippen LogP contribution in [0.25, 0.3) is 27.7 Å². The van der Waals surface area contributed by atoms with Crippen LogP contribution >= 0.6 is 11.6 Å². The molecule has 0 spiro atoms. The molecule has 1 aliphatic heterocycles. The van der Waals surface area contributed by atoms with Crippen LogP contribution in [0.1, 0.15) is 41.4 Å². The molecule has 5 heteroatoms. The molecule has 1 aliphatic rings. The molecule has 0 saturated heterocycles. The summed E-state index contributed by atoms with van der Waals surface area (Å²) >= 11 is 5.75. The molecule has 4 nitrogen and oxygen atoms in total. The lowest BCUT2D eigenvalue weighted by atomic mass is 9.94. The Kier molecular flexibility index (Phi) is 6.47. The van der Waals surface area contributed by atoms with E-state index >= 15 is 0 Å². The van der Waals surface area contributed by atoms with E-state index < -0.39 is 0 Å². The van der Waals surface area contributed by atoms with Crippen molar-refractivity contribution in [2.45, 2.75) is 19.8 Å². The third-order valence-electron chi connectivity index (χ3n) is 6.01.